The Morgan fingerprint density at radius 2 is 1.51 bits per heavy atom. The summed E-state index contributed by atoms with van der Waals surface area (Å²) < 4.78 is 11.1. The van der Waals surface area contributed by atoms with Crippen molar-refractivity contribution in [2.75, 3.05) is 13.2 Å². The molecule has 232 valence electrons. The summed E-state index contributed by atoms with van der Waals surface area (Å²) in [4.78, 5) is 52.1. The van der Waals surface area contributed by atoms with E-state index in [9.17, 15) is 24.3 Å². The molecule has 0 bridgehead atoms. The molecule has 0 heterocycles. The Morgan fingerprint density at radius 3 is 2.12 bits per heavy atom. The van der Waals surface area contributed by atoms with Crippen LogP contribution in [0.4, 0.5) is 0 Å². The van der Waals surface area contributed by atoms with Gasteiger partial charge < -0.3 is 25.2 Å². The molecule has 0 aliphatic rings. The lowest BCUT2D eigenvalue weighted by atomic mass is 9.94. The number of amides is 2. The van der Waals surface area contributed by atoms with Gasteiger partial charge in [-0.05, 0) is 50.2 Å². The highest BCUT2D eigenvalue weighted by atomic mass is 16.6. The maximum absolute atomic E-state index is 13.3. The molecule has 0 aliphatic heterocycles. The molecule has 0 fully saturated rings. The van der Waals surface area contributed by atoms with Crippen LogP contribution in [0.1, 0.15) is 50.2 Å². The molecule has 0 saturated carbocycles. The summed E-state index contributed by atoms with van der Waals surface area (Å²) in [5.41, 5.74) is 1.73. The first-order chi connectivity index (χ1) is 20.8. The molecule has 0 saturated heterocycles. The highest BCUT2D eigenvalue weighted by molar-refractivity contribution is 5.89. The van der Waals surface area contributed by atoms with Crippen LogP contribution in [0.3, 0.4) is 0 Å². The van der Waals surface area contributed by atoms with Gasteiger partial charge in [0.25, 0.3) is 0 Å². The summed E-state index contributed by atoms with van der Waals surface area (Å²) in [7, 11) is 0. The molecule has 0 unspecified atom stereocenters. The fourth-order valence-corrected chi connectivity index (χ4v) is 4.37. The van der Waals surface area contributed by atoms with Crippen LogP contribution in [0.5, 0.6) is 0 Å². The first-order valence-corrected chi connectivity index (χ1v) is 14.6. The van der Waals surface area contributed by atoms with Crippen LogP contribution < -0.4 is 10.6 Å². The maximum atomic E-state index is 13.3. The van der Waals surface area contributed by atoms with E-state index in [0.717, 1.165) is 24.0 Å². The summed E-state index contributed by atoms with van der Waals surface area (Å²) in [6, 6.07) is 16.9. The zero-order valence-corrected chi connectivity index (χ0v) is 24.9. The molecule has 2 aromatic rings. The van der Waals surface area contributed by atoms with Gasteiger partial charge >= 0.3 is 11.9 Å². The van der Waals surface area contributed by atoms with Gasteiger partial charge in [-0.2, -0.15) is 0 Å². The highest BCUT2D eigenvalue weighted by Crippen LogP contribution is 2.18. The molecule has 43 heavy (non-hydrogen) atoms. The lowest BCUT2D eigenvalue weighted by Crippen LogP contribution is -2.48. The Labute approximate surface area is 254 Å². The average Bonchev–Trinajstić information content (AvgIpc) is 3.01. The van der Waals surface area contributed by atoms with Gasteiger partial charge in [0.2, 0.25) is 11.8 Å². The van der Waals surface area contributed by atoms with Crippen molar-refractivity contribution < 1.29 is 33.8 Å². The third kappa shape index (κ3) is 13.5. The van der Waals surface area contributed by atoms with Crippen LogP contribution in [0.2, 0.25) is 0 Å². The monoisotopic (exact) mass is 592 g/mol. The minimum atomic E-state index is -1.29. The van der Waals surface area contributed by atoms with Crippen LogP contribution in [-0.4, -0.2) is 54.2 Å². The number of esters is 2. The van der Waals surface area contributed by atoms with Gasteiger partial charge in [0, 0.05) is 12.5 Å². The van der Waals surface area contributed by atoms with Crippen molar-refractivity contribution >= 4 is 23.8 Å². The number of allylic oxidation sites excluding steroid dienone is 2. The average molecular weight is 593 g/mol. The molecule has 2 amide bonds. The Balaban J connectivity index is 2.16. The van der Waals surface area contributed by atoms with Gasteiger partial charge in [-0.3, -0.25) is 14.4 Å². The molecule has 2 rings (SSSR count). The number of unbranched alkanes of at least 4 members (excludes halogenated alkanes) is 1. The van der Waals surface area contributed by atoms with Crippen molar-refractivity contribution in [3.63, 3.8) is 0 Å². The number of carbonyl (C=O) groups excluding carboxylic acids is 4. The first-order valence-electron chi connectivity index (χ1n) is 14.6. The van der Waals surface area contributed by atoms with E-state index in [1.54, 1.807) is 25.1 Å². The second kappa shape index (κ2) is 19.8. The Kier molecular flexibility index (Phi) is 16.1. The minimum absolute atomic E-state index is 0.0320. The molecule has 3 N–H and O–H groups in total. The molecule has 2 aromatic carbocycles. The molecular weight excluding hydrogens is 548 g/mol. The Morgan fingerprint density at radius 1 is 0.860 bits per heavy atom. The van der Waals surface area contributed by atoms with Crippen LogP contribution >= 0.6 is 0 Å². The molecule has 9 heteroatoms. The summed E-state index contributed by atoms with van der Waals surface area (Å²) >= 11 is 0. The Hall–Kier alpha value is -4.24. The van der Waals surface area contributed by atoms with E-state index in [0.29, 0.717) is 12.8 Å². The fourth-order valence-electron chi connectivity index (χ4n) is 4.37. The van der Waals surface area contributed by atoms with E-state index in [1.807, 2.05) is 48.5 Å². The van der Waals surface area contributed by atoms with Gasteiger partial charge in [-0.1, -0.05) is 72.8 Å². The SMILES string of the molecule is C=CCCC[C@H](Cc1ccccc1)C(=O)OC[C@@H](NC(=O)[C@@H](CC=C)CC(=O)N[C@H](C)CO)C(=O)OCc1ccccc1. The van der Waals surface area contributed by atoms with Crippen molar-refractivity contribution in [3.8, 4) is 0 Å². The van der Waals surface area contributed by atoms with E-state index < -0.39 is 54.3 Å². The number of ether oxygens (including phenoxy) is 2. The topological polar surface area (TPSA) is 131 Å². The van der Waals surface area contributed by atoms with Gasteiger partial charge in [0.1, 0.15) is 13.2 Å². The first kappa shape index (κ1) is 35.0. The van der Waals surface area contributed by atoms with Gasteiger partial charge in [0.15, 0.2) is 6.04 Å². The van der Waals surface area contributed by atoms with Crippen molar-refractivity contribution in [2.45, 2.75) is 64.1 Å². The predicted molar refractivity (Wildman–Crippen MR) is 164 cm³/mol. The van der Waals surface area contributed by atoms with Crippen LogP contribution in [0.25, 0.3) is 0 Å². The number of hydrogen-bond donors (Lipinski definition) is 3. The molecular formula is C34H44N2O7. The highest BCUT2D eigenvalue weighted by Gasteiger charge is 2.30. The van der Waals surface area contributed by atoms with E-state index in [2.05, 4.69) is 23.8 Å². The molecule has 4 atom stereocenters. The lowest BCUT2D eigenvalue weighted by Gasteiger charge is -2.23. The second-order valence-corrected chi connectivity index (χ2v) is 10.5. The normalized spacial score (nSPS) is 13.4. The number of rotatable bonds is 20. The second-order valence-electron chi connectivity index (χ2n) is 10.5. The van der Waals surface area contributed by atoms with Crippen LogP contribution in [-0.2, 0) is 41.7 Å². The van der Waals surface area contributed by atoms with Crippen LogP contribution in [0.15, 0.2) is 86.0 Å². The standard InChI is InChI=1S/C34H44N2O7/c1-4-6-9-19-29(20-26-15-10-7-11-16-26)33(40)43-24-30(34(41)42-23-27-17-12-8-13-18-27)36-32(39)28(14-5-2)21-31(38)35-25(3)22-37/h4-5,7-8,10-13,15-18,25,28-30,37H,1-2,6,9,14,19-24H2,3H3,(H,35,38)(H,36,39)/t25-,28+,29-,30-/m1/s1. The number of nitrogens with one attached hydrogen (secondary N) is 2. The van der Waals surface area contributed by atoms with Gasteiger partial charge in [-0.25, -0.2) is 4.79 Å². The quantitative estimate of drug-likeness (QED) is 0.120. The van der Waals surface area contributed by atoms with E-state index >= 15 is 0 Å². The van der Waals surface area contributed by atoms with Crippen LogP contribution in [0, 0.1) is 11.8 Å². The summed E-state index contributed by atoms with van der Waals surface area (Å²) in [6.45, 7) is 8.34. The van der Waals surface area contributed by atoms with Crippen molar-refractivity contribution in [3.05, 3.63) is 97.1 Å². The molecule has 0 aromatic heterocycles. The van der Waals surface area contributed by atoms with Gasteiger partial charge in [0.05, 0.1) is 18.4 Å². The summed E-state index contributed by atoms with van der Waals surface area (Å²) in [5.74, 6) is -3.56. The fraction of sp³-hybridized carbons (Fsp3) is 0.412. The van der Waals surface area contributed by atoms with Gasteiger partial charge in [-0.15, -0.1) is 13.2 Å². The largest absolute Gasteiger partial charge is 0.463 e. The molecule has 0 radical (unpaired) electrons. The molecule has 0 aliphatic carbocycles. The zero-order chi connectivity index (χ0) is 31.5. The number of aliphatic hydroxyl groups excluding tert-OH is 1. The third-order valence-corrected chi connectivity index (χ3v) is 6.77. The van der Waals surface area contributed by atoms with E-state index in [4.69, 9.17) is 9.47 Å². The third-order valence-electron chi connectivity index (χ3n) is 6.77. The molecule has 0 spiro atoms. The lowest BCUT2D eigenvalue weighted by molar-refractivity contribution is -0.157. The number of carbonyl (C=O) groups is 4. The number of aliphatic hydroxyl groups is 1. The predicted octanol–water partition coefficient (Wildman–Crippen LogP) is 4.05. The molecule has 9 nitrogen and oxygen atoms in total. The van der Waals surface area contributed by atoms with Crippen molar-refractivity contribution in [2.24, 2.45) is 11.8 Å². The number of hydrogen-bond acceptors (Lipinski definition) is 7. The van der Waals surface area contributed by atoms with E-state index in [-0.39, 0.29) is 26.1 Å². The zero-order valence-electron chi connectivity index (χ0n) is 24.9. The minimum Gasteiger partial charge on any atom is -0.463 e. The maximum Gasteiger partial charge on any atom is 0.332 e. The van der Waals surface area contributed by atoms with Crippen molar-refractivity contribution in [1.82, 2.24) is 10.6 Å². The van der Waals surface area contributed by atoms with Crippen molar-refractivity contribution in [1.29, 1.82) is 0 Å². The Bertz CT molecular complexity index is 1170. The smallest absolute Gasteiger partial charge is 0.332 e. The van der Waals surface area contributed by atoms with E-state index in [1.165, 1.54) is 6.08 Å². The summed E-state index contributed by atoms with van der Waals surface area (Å²) in [5, 5.41) is 14.5. The number of benzene rings is 2. The summed E-state index contributed by atoms with van der Waals surface area (Å²) in [6.07, 6.45) is 5.81.